The number of rotatable bonds is 4. The largest absolute Gasteiger partial charge is 0.460 e. The minimum atomic E-state index is -0.451. The third-order valence-corrected chi connectivity index (χ3v) is 10.1. The van der Waals surface area contributed by atoms with Gasteiger partial charge in [-0.25, -0.2) is 0 Å². The molecule has 1 aromatic carbocycles. The van der Waals surface area contributed by atoms with Crippen molar-refractivity contribution in [3.8, 4) is 0 Å². The van der Waals surface area contributed by atoms with Gasteiger partial charge < -0.3 is 9.64 Å². The highest BCUT2D eigenvalue weighted by Crippen LogP contribution is 2.46. The number of carbonyl (C=O) groups is 2. The Morgan fingerprint density at radius 1 is 1.00 bits per heavy atom. The molecule has 0 radical (unpaired) electrons. The SMILES string of the molecule is CC(C)(C)OC(=O)CC1CCC(C(=O)N2CCC([C@H]3c4ncc(Br)cc4CCc4cc(Cl)cc(Br)c43)CC2)CC1. The predicted molar refractivity (Wildman–Crippen MR) is 166 cm³/mol. The van der Waals surface area contributed by atoms with E-state index in [9.17, 15) is 9.59 Å². The monoisotopic (exact) mass is 692 g/mol. The fraction of sp³-hybridized carbons (Fsp3) is 0.594. The van der Waals surface area contributed by atoms with Crippen LogP contribution in [-0.2, 0) is 27.2 Å². The normalized spacial score (nSPS) is 23.6. The number of likely N-dealkylation sites (tertiary alicyclic amines) is 1. The van der Waals surface area contributed by atoms with Crippen LogP contribution in [0.4, 0.5) is 0 Å². The van der Waals surface area contributed by atoms with Gasteiger partial charge in [0.05, 0.1) is 5.69 Å². The molecule has 1 aliphatic heterocycles. The van der Waals surface area contributed by atoms with E-state index >= 15 is 0 Å². The second-order valence-electron chi connectivity index (χ2n) is 12.8. The molecule has 0 unspecified atom stereocenters. The van der Waals surface area contributed by atoms with Crippen molar-refractivity contribution < 1.29 is 14.3 Å². The third kappa shape index (κ3) is 6.95. The highest BCUT2D eigenvalue weighted by molar-refractivity contribution is 9.10. The maximum Gasteiger partial charge on any atom is 0.306 e. The lowest BCUT2D eigenvalue weighted by atomic mass is 9.76. The summed E-state index contributed by atoms with van der Waals surface area (Å²) < 4.78 is 7.57. The first kappa shape index (κ1) is 30.0. The van der Waals surface area contributed by atoms with Gasteiger partial charge in [-0.3, -0.25) is 14.6 Å². The first-order valence-electron chi connectivity index (χ1n) is 14.6. The van der Waals surface area contributed by atoms with Gasteiger partial charge in [-0.15, -0.1) is 0 Å². The molecule has 0 spiro atoms. The van der Waals surface area contributed by atoms with Crippen molar-refractivity contribution in [1.29, 1.82) is 0 Å². The van der Waals surface area contributed by atoms with Crippen LogP contribution < -0.4 is 0 Å². The van der Waals surface area contributed by atoms with Crippen molar-refractivity contribution in [2.45, 2.75) is 90.1 Å². The zero-order chi connectivity index (χ0) is 28.6. The van der Waals surface area contributed by atoms with Gasteiger partial charge in [0.2, 0.25) is 5.91 Å². The van der Waals surface area contributed by atoms with E-state index in [1.165, 1.54) is 16.7 Å². The van der Waals surface area contributed by atoms with E-state index in [-0.39, 0.29) is 17.8 Å². The standard InChI is InChI=1S/C32H39Br2ClN2O3/c1-32(2,3)40-27(38)14-19-4-6-21(7-5-19)31(39)37-12-10-20(11-13-37)29-28-22(16-25(35)17-26(28)34)8-9-23-15-24(33)18-36-30(23)29/h15-21,29H,4-14H2,1-3H3/t19?,21?,29-/m1/s1. The Labute approximate surface area is 260 Å². The number of pyridine rings is 1. The van der Waals surface area contributed by atoms with Gasteiger partial charge in [0.1, 0.15) is 5.60 Å². The number of ether oxygens (including phenoxy) is 1. The summed E-state index contributed by atoms with van der Waals surface area (Å²) in [4.78, 5) is 32.9. The number of fused-ring (bicyclic) bond motifs is 2. The maximum absolute atomic E-state index is 13.5. The zero-order valence-electron chi connectivity index (χ0n) is 23.7. The minimum Gasteiger partial charge on any atom is -0.460 e. The van der Waals surface area contributed by atoms with Gasteiger partial charge in [-0.2, -0.15) is 0 Å². The molecule has 3 aliphatic rings. The van der Waals surface area contributed by atoms with Crippen LogP contribution >= 0.6 is 43.5 Å². The van der Waals surface area contributed by atoms with Crippen LogP contribution in [0.1, 0.15) is 94.0 Å². The third-order valence-electron chi connectivity index (χ3n) is 8.81. The van der Waals surface area contributed by atoms with Crippen LogP contribution in [0, 0.1) is 17.8 Å². The molecule has 1 aromatic heterocycles. The fourth-order valence-electron chi connectivity index (χ4n) is 6.97. The number of benzene rings is 1. The van der Waals surface area contributed by atoms with Crippen LogP contribution in [0.5, 0.6) is 0 Å². The molecule has 5 rings (SSSR count). The first-order chi connectivity index (χ1) is 19.0. The maximum atomic E-state index is 13.5. The second-order valence-corrected chi connectivity index (χ2v) is 15.0. The summed E-state index contributed by atoms with van der Waals surface area (Å²) in [6, 6.07) is 6.34. The fourth-order valence-corrected chi connectivity index (χ4v) is 8.47. The summed E-state index contributed by atoms with van der Waals surface area (Å²) in [6.07, 6.45) is 9.71. The molecule has 1 atom stereocenters. The number of nitrogens with zero attached hydrogens (tertiary/aromatic N) is 2. The highest BCUT2D eigenvalue weighted by atomic mass is 79.9. The zero-order valence-corrected chi connectivity index (χ0v) is 27.6. The molecule has 5 nitrogen and oxygen atoms in total. The van der Waals surface area contributed by atoms with Gasteiger partial charge in [0.15, 0.2) is 0 Å². The van der Waals surface area contributed by atoms with Crippen molar-refractivity contribution >= 4 is 55.3 Å². The highest BCUT2D eigenvalue weighted by Gasteiger charge is 2.38. The lowest BCUT2D eigenvalue weighted by molar-refractivity contribution is -0.156. The van der Waals surface area contributed by atoms with Crippen molar-refractivity contribution in [2.24, 2.45) is 17.8 Å². The van der Waals surface area contributed by atoms with Crippen LogP contribution in [-0.4, -0.2) is 40.5 Å². The number of aryl methyl sites for hydroxylation is 2. The Hall–Kier alpha value is -1.44. The first-order valence-corrected chi connectivity index (χ1v) is 16.6. The molecule has 1 saturated carbocycles. The number of hydrogen-bond donors (Lipinski definition) is 0. The minimum absolute atomic E-state index is 0.0704. The molecule has 0 bridgehead atoms. The molecular formula is C32H39Br2ClN2O3. The van der Waals surface area contributed by atoms with E-state index in [1.54, 1.807) is 0 Å². The van der Waals surface area contributed by atoms with E-state index in [4.69, 9.17) is 21.3 Å². The van der Waals surface area contributed by atoms with Gasteiger partial charge in [0, 0.05) is 51.5 Å². The van der Waals surface area contributed by atoms with Crippen molar-refractivity contribution in [2.75, 3.05) is 13.1 Å². The Bertz CT molecular complexity index is 1260. The van der Waals surface area contributed by atoms with Crippen molar-refractivity contribution in [3.05, 3.63) is 60.7 Å². The molecular weight excluding hydrogens is 656 g/mol. The number of halogens is 3. The number of carbonyl (C=O) groups excluding carboxylic acids is 2. The molecule has 2 aliphatic carbocycles. The summed E-state index contributed by atoms with van der Waals surface area (Å²) >= 11 is 13.9. The van der Waals surface area contributed by atoms with Crippen molar-refractivity contribution in [1.82, 2.24) is 9.88 Å². The molecule has 2 fully saturated rings. The van der Waals surface area contributed by atoms with Crippen molar-refractivity contribution in [3.63, 3.8) is 0 Å². The number of piperidine rings is 1. The number of amides is 1. The molecule has 8 heteroatoms. The smallest absolute Gasteiger partial charge is 0.306 e. The summed E-state index contributed by atoms with van der Waals surface area (Å²) in [7, 11) is 0. The molecule has 216 valence electrons. The van der Waals surface area contributed by atoms with Crippen LogP contribution in [0.2, 0.25) is 5.02 Å². The van der Waals surface area contributed by atoms with E-state index in [2.05, 4.69) is 48.9 Å². The van der Waals surface area contributed by atoms with E-state index in [1.807, 2.05) is 33.0 Å². The lowest BCUT2D eigenvalue weighted by Gasteiger charge is -2.39. The summed E-state index contributed by atoms with van der Waals surface area (Å²) in [5.41, 5.74) is 4.61. The summed E-state index contributed by atoms with van der Waals surface area (Å²) in [5, 5.41) is 0.755. The van der Waals surface area contributed by atoms with E-state index in [0.717, 1.165) is 84.1 Å². The Kier molecular flexibility index (Phi) is 9.33. The van der Waals surface area contributed by atoms with Gasteiger partial charge in [0.25, 0.3) is 0 Å². The number of aromatic nitrogens is 1. The van der Waals surface area contributed by atoms with E-state index in [0.29, 0.717) is 24.2 Å². The Morgan fingerprint density at radius 2 is 1.68 bits per heavy atom. The Morgan fingerprint density at radius 3 is 2.35 bits per heavy atom. The number of hydrogen-bond acceptors (Lipinski definition) is 4. The van der Waals surface area contributed by atoms with Gasteiger partial charge >= 0.3 is 5.97 Å². The molecule has 1 amide bonds. The molecule has 0 N–H and O–H groups in total. The quantitative estimate of drug-likeness (QED) is 0.303. The number of esters is 1. The van der Waals surface area contributed by atoms with Crippen LogP contribution in [0.3, 0.4) is 0 Å². The average Bonchev–Trinajstić information content (AvgIpc) is 3.04. The summed E-state index contributed by atoms with van der Waals surface area (Å²) in [6.45, 7) is 7.28. The molecule has 1 saturated heterocycles. The van der Waals surface area contributed by atoms with Gasteiger partial charge in [-0.05, 0) is 135 Å². The lowest BCUT2D eigenvalue weighted by Crippen LogP contribution is -2.43. The molecule has 40 heavy (non-hydrogen) atoms. The van der Waals surface area contributed by atoms with Gasteiger partial charge in [-0.1, -0.05) is 27.5 Å². The second kappa shape index (κ2) is 12.4. The van der Waals surface area contributed by atoms with E-state index < -0.39 is 5.60 Å². The average molecular weight is 695 g/mol. The predicted octanol–water partition coefficient (Wildman–Crippen LogP) is 8.27. The summed E-state index contributed by atoms with van der Waals surface area (Å²) in [5.74, 6) is 1.14. The topological polar surface area (TPSA) is 59.5 Å². The van der Waals surface area contributed by atoms with Crippen LogP contribution in [0.15, 0.2) is 33.3 Å². The molecule has 2 heterocycles. The van der Waals surface area contributed by atoms with Crippen LogP contribution in [0.25, 0.3) is 0 Å². The Balaban J connectivity index is 1.24. The molecule has 2 aromatic rings.